The maximum atomic E-state index is 11.5. The van der Waals surface area contributed by atoms with Crippen molar-refractivity contribution < 1.29 is 19.1 Å². The van der Waals surface area contributed by atoms with Gasteiger partial charge < -0.3 is 9.47 Å². The summed E-state index contributed by atoms with van der Waals surface area (Å²) in [5.74, 6) is 0.864. The Bertz CT molecular complexity index is 302. The van der Waals surface area contributed by atoms with E-state index in [-0.39, 0.29) is 83.9 Å². The molecule has 144 valence electrons. The van der Waals surface area contributed by atoms with Crippen LogP contribution in [-0.2, 0) is 19.1 Å². The zero-order valence-corrected chi connectivity index (χ0v) is 22.3. The van der Waals surface area contributed by atoms with E-state index >= 15 is 0 Å². The zero-order chi connectivity index (χ0) is 18.2. The zero-order valence-electron chi connectivity index (χ0n) is 18.3. The molecule has 0 bridgehead atoms. The Hall–Kier alpha value is 0.940. The van der Waals surface area contributed by atoms with E-state index in [0.717, 1.165) is 37.5 Å². The molecule has 0 spiro atoms. The first-order valence-electron chi connectivity index (χ1n) is 9.73. The Kier molecular flexibility index (Phi) is 27.0. The van der Waals surface area contributed by atoms with Crippen molar-refractivity contribution in [3.05, 3.63) is 0 Å². The van der Waals surface area contributed by atoms with Gasteiger partial charge in [-0.3, -0.25) is 9.59 Å². The number of rotatable bonds is 15. The van der Waals surface area contributed by atoms with Crippen LogP contribution in [-0.4, -0.2) is 84.3 Å². The molecule has 26 heavy (non-hydrogen) atoms. The summed E-state index contributed by atoms with van der Waals surface area (Å²) in [7, 11) is 0. The van der Waals surface area contributed by atoms with Gasteiger partial charge in [0.05, 0.1) is 26.1 Å². The minimum absolute atomic E-state index is 0. The summed E-state index contributed by atoms with van der Waals surface area (Å²) in [6.07, 6.45) is 9.02. The molecule has 0 saturated heterocycles. The molecule has 0 aromatic carbocycles. The first-order valence-corrected chi connectivity index (χ1v) is 9.73. The Morgan fingerprint density at radius 1 is 0.615 bits per heavy atom. The number of carbonyl (C=O) groups is 2. The molecular weight excluding hydrogens is 350 g/mol. The largest absolute Gasteiger partial charge is 0.466 e. The molecule has 0 amide bonds. The molecule has 0 aliphatic carbocycles. The molecule has 0 aromatic heterocycles. The van der Waals surface area contributed by atoms with Gasteiger partial charge >= 0.3 is 11.9 Å². The second-order valence-corrected chi connectivity index (χ2v) is 7.43. The third kappa shape index (κ3) is 24.9. The van der Waals surface area contributed by atoms with Gasteiger partial charge in [-0.25, -0.2) is 0 Å². The average Bonchev–Trinajstić information content (AvgIpc) is 2.51. The molecule has 2 radical (unpaired) electrons. The SMILES string of the molecule is CC(C)CCCCCOC(=O)CCC(=O)OCCCCCC(C)C.[Na].[Na]. The van der Waals surface area contributed by atoms with Crippen LogP contribution >= 0.6 is 0 Å². The minimum Gasteiger partial charge on any atom is -0.466 e. The quantitative estimate of drug-likeness (QED) is 0.235. The van der Waals surface area contributed by atoms with E-state index in [2.05, 4.69) is 27.7 Å². The fourth-order valence-corrected chi connectivity index (χ4v) is 2.38. The first kappa shape index (κ1) is 31.6. The van der Waals surface area contributed by atoms with E-state index in [9.17, 15) is 9.59 Å². The van der Waals surface area contributed by atoms with Gasteiger partial charge in [0.25, 0.3) is 0 Å². The van der Waals surface area contributed by atoms with Crippen LogP contribution in [0.5, 0.6) is 0 Å². The van der Waals surface area contributed by atoms with Crippen molar-refractivity contribution >= 4 is 71.1 Å². The number of unbranched alkanes of at least 4 members (excludes halogenated alkanes) is 4. The van der Waals surface area contributed by atoms with Gasteiger partial charge in [-0.15, -0.1) is 0 Å². The number of carbonyl (C=O) groups excluding carboxylic acids is 2. The van der Waals surface area contributed by atoms with Crippen LogP contribution in [0.4, 0.5) is 0 Å². The minimum atomic E-state index is -0.298. The topological polar surface area (TPSA) is 52.6 Å². The Morgan fingerprint density at radius 2 is 0.962 bits per heavy atom. The average molecular weight is 389 g/mol. The van der Waals surface area contributed by atoms with E-state index in [1.54, 1.807) is 0 Å². The van der Waals surface area contributed by atoms with Gasteiger partial charge in [0.2, 0.25) is 0 Å². The smallest absolute Gasteiger partial charge is 0.306 e. The van der Waals surface area contributed by atoms with Crippen molar-refractivity contribution in [2.45, 2.75) is 91.9 Å². The van der Waals surface area contributed by atoms with Crippen LogP contribution in [0.15, 0.2) is 0 Å². The molecule has 0 heterocycles. The van der Waals surface area contributed by atoms with Crippen LogP contribution in [0.3, 0.4) is 0 Å². The molecule has 0 fully saturated rings. The molecule has 4 nitrogen and oxygen atoms in total. The summed E-state index contributed by atoms with van der Waals surface area (Å²) in [5.41, 5.74) is 0. The molecule has 0 unspecified atom stereocenters. The van der Waals surface area contributed by atoms with Crippen molar-refractivity contribution in [2.75, 3.05) is 13.2 Å². The van der Waals surface area contributed by atoms with Crippen LogP contribution in [0.1, 0.15) is 91.9 Å². The van der Waals surface area contributed by atoms with Gasteiger partial charge in [-0.1, -0.05) is 66.2 Å². The van der Waals surface area contributed by atoms with Crippen molar-refractivity contribution in [3.8, 4) is 0 Å². The van der Waals surface area contributed by atoms with Gasteiger partial charge in [-0.05, 0) is 24.7 Å². The summed E-state index contributed by atoms with van der Waals surface area (Å²) in [5, 5.41) is 0. The van der Waals surface area contributed by atoms with E-state index in [1.165, 1.54) is 25.7 Å². The molecule has 0 aromatic rings. The molecule has 0 atom stereocenters. The number of hydrogen-bond donors (Lipinski definition) is 0. The van der Waals surface area contributed by atoms with Crippen molar-refractivity contribution in [2.24, 2.45) is 11.8 Å². The summed E-state index contributed by atoms with van der Waals surface area (Å²) >= 11 is 0. The number of ether oxygens (including phenoxy) is 2. The summed E-state index contributed by atoms with van der Waals surface area (Å²) in [4.78, 5) is 23.1. The monoisotopic (exact) mass is 388 g/mol. The predicted octanol–water partition coefficient (Wildman–Crippen LogP) is 4.52. The molecular formula is C20H38Na2O4. The van der Waals surface area contributed by atoms with Crippen molar-refractivity contribution in [3.63, 3.8) is 0 Å². The van der Waals surface area contributed by atoms with Gasteiger partial charge in [0.1, 0.15) is 0 Å². The third-order valence-corrected chi connectivity index (χ3v) is 3.91. The first-order chi connectivity index (χ1) is 11.4. The maximum Gasteiger partial charge on any atom is 0.306 e. The molecule has 0 aliphatic heterocycles. The second kappa shape index (κ2) is 22.2. The van der Waals surface area contributed by atoms with E-state index in [4.69, 9.17) is 9.47 Å². The molecule has 0 rings (SSSR count). The van der Waals surface area contributed by atoms with E-state index < -0.39 is 0 Å². The van der Waals surface area contributed by atoms with Crippen LogP contribution in [0.2, 0.25) is 0 Å². The van der Waals surface area contributed by atoms with E-state index in [1.807, 2.05) is 0 Å². The summed E-state index contributed by atoms with van der Waals surface area (Å²) < 4.78 is 10.3. The van der Waals surface area contributed by atoms with Gasteiger partial charge in [0.15, 0.2) is 0 Å². The fourth-order valence-electron chi connectivity index (χ4n) is 2.38. The van der Waals surface area contributed by atoms with Gasteiger partial charge in [-0.2, -0.15) is 0 Å². The Balaban J connectivity index is -0.00000264. The van der Waals surface area contributed by atoms with Crippen LogP contribution in [0, 0.1) is 11.8 Å². The molecule has 0 aliphatic rings. The van der Waals surface area contributed by atoms with Crippen molar-refractivity contribution in [1.82, 2.24) is 0 Å². The fraction of sp³-hybridized carbons (Fsp3) is 0.900. The molecule has 0 saturated carbocycles. The number of hydrogen-bond acceptors (Lipinski definition) is 4. The second-order valence-electron chi connectivity index (χ2n) is 7.43. The predicted molar refractivity (Wildman–Crippen MR) is 109 cm³/mol. The maximum absolute atomic E-state index is 11.5. The Morgan fingerprint density at radius 3 is 1.27 bits per heavy atom. The molecule has 6 heteroatoms. The number of esters is 2. The third-order valence-electron chi connectivity index (χ3n) is 3.91. The summed E-state index contributed by atoms with van der Waals surface area (Å²) in [6, 6.07) is 0. The van der Waals surface area contributed by atoms with Crippen LogP contribution in [0.25, 0.3) is 0 Å². The normalized spacial score (nSPS) is 10.2. The van der Waals surface area contributed by atoms with Crippen molar-refractivity contribution in [1.29, 1.82) is 0 Å². The van der Waals surface area contributed by atoms with E-state index in [0.29, 0.717) is 13.2 Å². The standard InChI is InChI=1S/C20H38O4.2Na/c1-17(2)11-7-5-9-15-23-19(21)13-14-20(22)24-16-10-6-8-12-18(3)4;;/h17-18H,5-16H2,1-4H3;;. The Labute approximate surface area is 205 Å². The van der Waals surface area contributed by atoms with Gasteiger partial charge in [0, 0.05) is 59.1 Å². The molecule has 0 N–H and O–H groups in total. The van der Waals surface area contributed by atoms with Crippen LogP contribution < -0.4 is 0 Å². The summed E-state index contributed by atoms with van der Waals surface area (Å²) in [6.45, 7) is 9.77.